The van der Waals surface area contributed by atoms with Crippen LogP contribution in [0.2, 0.25) is 0 Å². The first-order chi connectivity index (χ1) is 14.9. The van der Waals surface area contributed by atoms with E-state index in [1.165, 1.54) is 4.90 Å². The Morgan fingerprint density at radius 1 is 1.28 bits per heavy atom. The molecule has 0 aromatic carbocycles. The molecular formula is C21H37N3O6SSe. The van der Waals surface area contributed by atoms with E-state index in [-0.39, 0.29) is 16.5 Å². The normalized spacial score (nSPS) is 19.2. The Bertz CT molecular complexity index is 672. The number of carbonyl (C=O) groups excluding carboxylic acids is 3. The van der Waals surface area contributed by atoms with Crippen LogP contribution in [-0.4, -0.2) is 90.1 Å². The number of carboxylic acids is 1. The van der Waals surface area contributed by atoms with Gasteiger partial charge >= 0.3 is 202 Å². The second-order valence-electron chi connectivity index (χ2n) is 8.91. The molecule has 1 saturated heterocycles. The van der Waals surface area contributed by atoms with Crippen LogP contribution in [0.15, 0.2) is 0 Å². The molecule has 3 N–H and O–H groups in total. The maximum atomic E-state index is 13.0. The first-order valence-corrected chi connectivity index (χ1v) is 14.0. The minimum atomic E-state index is -0.989. The van der Waals surface area contributed by atoms with Crippen LogP contribution in [0, 0.1) is 5.92 Å². The van der Waals surface area contributed by atoms with Crippen molar-refractivity contribution in [3.05, 3.63) is 0 Å². The van der Waals surface area contributed by atoms with Gasteiger partial charge in [0.15, 0.2) is 0 Å². The van der Waals surface area contributed by atoms with E-state index < -0.39 is 51.0 Å². The van der Waals surface area contributed by atoms with Gasteiger partial charge < -0.3 is 0 Å². The Morgan fingerprint density at radius 2 is 1.94 bits per heavy atom. The molecule has 1 aliphatic rings. The molecule has 0 unspecified atom stereocenters. The number of nitrogens with one attached hydrogen (secondary N) is 2. The second-order valence-corrected chi connectivity index (χ2v) is 11.7. The fourth-order valence-electron chi connectivity index (χ4n) is 3.16. The van der Waals surface area contributed by atoms with Gasteiger partial charge in [0, 0.05) is 0 Å². The summed E-state index contributed by atoms with van der Waals surface area (Å²) < 4.78 is 8.08. The van der Waals surface area contributed by atoms with Crippen LogP contribution in [-0.2, 0) is 19.1 Å². The average molecular weight is 539 g/mol. The molecule has 0 saturated carbocycles. The summed E-state index contributed by atoms with van der Waals surface area (Å²) in [6.45, 7) is 9.54. The van der Waals surface area contributed by atoms with E-state index >= 15 is 0 Å². The van der Waals surface area contributed by atoms with Gasteiger partial charge in [0.05, 0.1) is 0 Å². The Morgan fingerprint density at radius 3 is 2.47 bits per heavy atom. The van der Waals surface area contributed by atoms with Crippen molar-refractivity contribution in [1.82, 2.24) is 14.5 Å². The number of aliphatic carboxylic acids is 1. The first-order valence-electron chi connectivity index (χ1n) is 10.9. The van der Waals surface area contributed by atoms with Gasteiger partial charge in [-0.15, -0.1) is 0 Å². The number of carboxylic acid groups (broad SMARTS) is 1. The van der Waals surface area contributed by atoms with Gasteiger partial charge in [-0.1, -0.05) is 0 Å². The summed E-state index contributed by atoms with van der Waals surface area (Å²) in [4.78, 5) is 51.3. The van der Waals surface area contributed by atoms with Crippen molar-refractivity contribution in [3.63, 3.8) is 0 Å². The number of rotatable bonds is 12. The fourth-order valence-corrected chi connectivity index (χ4v) is 5.51. The molecule has 0 bridgehead atoms. The van der Waals surface area contributed by atoms with E-state index in [4.69, 9.17) is 4.74 Å². The second kappa shape index (κ2) is 13.4. The molecule has 1 heterocycles. The summed E-state index contributed by atoms with van der Waals surface area (Å²) in [5.74, 6) is -0.820. The molecular weight excluding hydrogens is 501 g/mol. The topological polar surface area (TPSA) is 125 Å². The van der Waals surface area contributed by atoms with Crippen LogP contribution in [0.3, 0.4) is 0 Å². The zero-order valence-corrected chi connectivity index (χ0v) is 22.3. The van der Waals surface area contributed by atoms with Crippen LogP contribution < -0.4 is 9.65 Å². The van der Waals surface area contributed by atoms with E-state index in [2.05, 4.69) is 9.65 Å². The monoisotopic (exact) mass is 539 g/mol. The molecule has 0 aliphatic carbocycles. The van der Waals surface area contributed by atoms with Crippen LogP contribution >= 0.6 is 11.8 Å². The van der Waals surface area contributed by atoms with Gasteiger partial charge in [-0.05, 0) is 0 Å². The Balaban J connectivity index is 2.83. The molecule has 1 fully saturated rings. The van der Waals surface area contributed by atoms with Crippen molar-refractivity contribution in [2.45, 2.75) is 84.0 Å². The number of thioether (sulfide) groups is 1. The number of likely N-dealkylation sites (tertiary alicyclic amines) is 1. The van der Waals surface area contributed by atoms with Crippen molar-refractivity contribution in [3.8, 4) is 0 Å². The third kappa shape index (κ3) is 9.29. The third-order valence-electron chi connectivity index (χ3n) is 5.16. The number of hydrogen-bond acceptors (Lipinski definition) is 7. The van der Waals surface area contributed by atoms with Gasteiger partial charge in [0.2, 0.25) is 0 Å². The van der Waals surface area contributed by atoms with Crippen LogP contribution in [0.25, 0.3) is 0 Å². The summed E-state index contributed by atoms with van der Waals surface area (Å²) in [6.07, 6.45) is 3.63. The molecule has 0 radical (unpaired) electrons. The Hall–Kier alpha value is -1.29. The van der Waals surface area contributed by atoms with Gasteiger partial charge in [-0.25, -0.2) is 0 Å². The number of nitrogens with zero attached hydrogens (tertiary/aromatic N) is 1. The van der Waals surface area contributed by atoms with Crippen molar-refractivity contribution in [2.75, 3.05) is 18.6 Å². The third-order valence-corrected chi connectivity index (χ3v) is 7.60. The summed E-state index contributed by atoms with van der Waals surface area (Å²) in [5.41, 5.74) is -0.666. The molecule has 0 spiro atoms. The van der Waals surface area contributed by atoms with Gasteiger partial charge in [0.25, 0.3) is 0 Å². The Labute approximate surface area is 201 Å². The predicted octanol–water partition coefficient (Wildman–Crippen LogP) is 1.86. The average Bonchev–Trinajstić information content (AvgIpc) is 3.19. The minimum absolute atomic E-state index is 0.124. The molecule has 1 rings (SSSR count). The molecule has 11 heteroatoms. The van der Waals surface area contributed by atoms with E-state index in [1.807, 2.05) is 20.1 Å². The molecule has 0 aromatic rings. The van der Waals surface area contributed by atoms with Crippen LogP contribution in [0.5, 0.6) is 0 Å². The first kappa shape index (κ1) is 28.7. The number of ether oxygens (including phenoxy) is 1. The van der Waals surface area contributed by atoms with Gasteiger partial charge in [-0.2, -0.15) is 0 Å². The SMILES string of the molecule is CC[C@H](C)[C@H](NC(=O)[C@@H]1CCCN1C(=O)OC(C)(C)C)C(=O)[Se]N[C@@H](CCSC)C(=O)O. The van der Waals surface area contributed by atoms with Crippen LogP contribution in [0.4, 0.5) is 4.79 Å². The maximum absolute atomic E-state index is 13.0. The van der Waals surface area contributed by atoms with Crippen molar-refractivity contribution in [2.24, 2.45) is 5.92 Å². The molecule has 1 aliphatic heterocycles. The van der Waals surface area contributed by atoms with Crippen molar-refractivity contribution < 1.29 is 29.0 Å². The molecule has 2 amide bonds. The summed E-state index contributed by atoms with van der Waals surface area (Å²) >= 11 is 0.742. The van der Waals surface area contributed by atoms with E-state index in [0.29, 0.717) is 38.0 Å². The standard InChI is InChI=1S/C21H37N3O6SSe/c1-7-13(2)16(19(28)32-23-14(18(26)27)10-12-31-6)22-17(25)15-9-8-11-24(15)20(29)30-21(3,4)5/h13-16,23H,7-12H2,1-6H3,(H,22,25)(H,26,27)/t13-,14-,15-,16-/m0/s1. The van der Waals surface area contributed by atoms with Gasteiger partial charge in [-0.3, -0.25) is 0 Å². The van der Waals surface area contributed by atoms with Crippen LogP contribution in [0.1, 0.15) is 60.3 Å². The van der Waals surface area contributed by atoms with E-state index in [9.17, 15) is 24.3 Å². The van der Waals surface area contributed by atoms with Crippen molar-refractivity contribution in [1.29, 1.82) is 0 Å². The zero-order chi connectivity index (χ0) is 24.5. The van der Waals surface area contributed by atoms with E-state index in [0.717, 1.165) is 0 Å². The number of hydrogen-bond donors (Lipinski definition) is 3. The van der Waals surface area contributed by atoms with E-state index in [1.54, 1.807) is 32.5 Å². The zero-order valence-electron chi connectivity index (χ0n) is 19.8. The number of carbonyl (C=O) groups is 4. The fraction of sp³-hybridized carbons (Fsp3) is 0.810. The molecule has 4 atom stereocenters. The summed E-state index contributed by atoms with van der Waals surface area (Å²) in [7, 11) is 0. The predicted molar refractivity (Wildman–Crippen MR) is 126 cm³/mol. The van der Waals surface area contributed by atoms with Gasteiger partial charge in [0.1, 0.15) is 0 Å². The summed E-state index contributed by atoms with van der Waals surface area (Å²) in [6, 6.07) is -2.22. The quantitative estimate of drug-likeness (QED) is 0.322. The van der Waals surface area contributed by atoms with Crippen molar-refractivity contribution >= 4 is 49.6 Å². The summed E-state index contributed by atoms with van der Waals surface area (Å²) in [5, 5.41) is 12.2. The molecule has 0 aromatic heterocycles. The Kier molecular flexibility index (Phi) is 12.1. The molecule has 9 nitrogen and oxygen atoms in total. The molecule has 32 heavy (non-hydrogen) atoms. The molecule has 184 valence electrons. The number of amides is 2.